The minimum absolute atomic E-state index is 0.0300. The second kappa shape index (κ2) is 5.47. The quantitative estimate of drug-likeness (QED) is 0.691. The van der Waals surface area contributed by atoms with Crippen LogP contribution in [0.1, 0.15) is 33.6 Å². The summed E-state index contributed by atoms with van der Waals surface area (Å²) in [5.41, 5.74) is 0.0300. The maximum atomic E-state index is 12.5. The van der Waals surface area contributed by atoms with Crippen LogP contribution in [0, 0.1) is 11.3 Å². The van der Waals surface area contributed by atoms with E-state index in [-0.39, 0.29) is 17.4 Å². The highest BCUT2D eigenvalue weighted by molar-refractivity contribution is 9.09. The molecule has 1 atom stereocenters. The van der Waals surface area contributed by atoms with Crippen molar-refractivity contribution in [2.45, 2.75) is 45.8 Å². The molecule has 0 bridgehead atoms. The molecule has 102 valence electrons. The Hall–Kier alpha value is 0.230. The number of hydrogen-bond acceptors (Lipinski definition) is 1. The van der Waals surface area contributed by atoms with Crippen LogP contribution in [-0.4, -0.2) is 35.5 Å². The average Bonchev–Trinajstić information content (AvgIpc) is 2.90. The van der Waals surface area contributed by atoms with Gasteiger partial charge in [0.25, 0.3) is 0 Å². The van der Waals surface area contributed by atoms with E-state index in [2.05, 4.69) is 36.7 Å². The summed E-state index contributed by atoms with van der Waals surface area (Å²) in [5.74, 6) is 0.241. The van der Waals surface area contributed by atoms with Crippen LogP contribution in [0.5, 0.6) is 0 Å². The van der Waals surface area contributed by atoms with Crippen molar-refractivity contribution in [2.24, 2.45) is 11.3 Å². The van der Waals surface area contributed by atoms with E-state index in [9.17, 15) is 13.2 Å². The largest absolute Gasteiger partial charge is 0.401 e. The number of alkyl halides is 4. The lowest BCUT2D eigenvalue weighted by Gasteiger charge is -2.34. The summed E-state index contributed by atoms with van der Waals surface area (Å²) in [4.78, 5) is 1.61. The van der Waals surface area contributed by atoms with Crippen molar-refractivity contribution in [3.8, 4) is 0 Å². The van der Waals surface area contributed by atoms with E-state index in [0.29, 0.717) is 6.54 Å². The summed E-state index contributed by atoms with van der Waals surface area (Å²) in [7, 11) is 0. The van der Waals surface area contributed by atoms with E-state index in [0.717, 1.165) is 18.2 Å². The highest BCUT2D eigenvalue weighted by atomic mass is 79.9. The zero-order valence-corrected chi connectivity index (χ0v) is 12.2. The first-order valence-electron chi connectivity index (χ1n) is 6.00. The van der Waals surface area contributed by atoms with Crippen LogP contribution in [-0.2, 0) is 0 Å². The molecule has 17 heavy (non-hydrogen) atoms. The predicted molar refractivity (Wildman–Crippen MR) is 67.4 cm³/mol. The van der Waals surface area contributed by atoms with Crippen LogP contribution in [0.4, 0.5) is 13.2 Å². The summed E-state index contributed by atoms with van der Waals surface area (Å²) >= 11 is 3.42. The standard InChI is InChI=1S/C12H21BrF3N/c1-11(2,3)9(6-13)7-17(10-4-5-10)8-12(14,15)16/h9-10H,4-8H2,1-3H3. The summed E-state index contributed by atoms with van der Waals surface area (Å²) in [6.07, 6.45) is -2.26. The summed E-state index contributed by atoms with van der Waals surface area (Å²) in [5, 5.41) is 0.748. The lowest BCUT2D eigenvalue weighted by Crippen LogP contribution is -2.42. The summed E-state index contributed by atoms with van der Waals surface area (Å²) in [6, 6.07) is 0.153. The first kappa shape index (κ1) is 15.3. The number of hydrogen-bond donors (Lipinski definition) is 0. The average molecular weight is 316 g/mol. The van der Waals surface area contributed by atoms with Crippen LogP contribution < -0.4 is 0 Å². The van der Waals surface area contributed by atoms with Gasteiger partial charge in [-0.1, -0.05) is 36.7 Å². The summed E-state index contributed by atoms with van der Waals surface area (Å²) in [6.45, 7) is 6.00. The van der Waals surface area contributed by atoms with Gasteiger partial charge >= 0.3 is 6.18 Å². The van der Waals surface area contributed by atoms with E-state index in [1.54, 1.807) is 4.90 Å². The molecule has 1 rings (SSSR count). The van der Waals surface area contributed by atoms with Gasteiger partial charge in [0.1, 0.15) is 0 Å². The van der Waals surface area contributed by atoms with E-state index < -0.39 is 12.7 Å². The Morgan fingerprint density at radius 3 is 2.06 bits per heavy atom. The molecule has 1 fully saturated rings. The Labute approximate surface area is 110 Å². The van der Waals surface area contributed by atoms with Gasteiger partial charge in [-0.15, -0.1) is 0 Å². The van der Waals surface area contributed by atoms with Gasteiger partial charge in [0, 0.05) is 17.9 Å². The van der Waals surface area contributed by atoms with Crippen molar-refractivity contribution < 1.29 is 13.2 Å². The van der Waals surface area contributed by atoms with E-state index >= 15 is 0 Å². The van der Waals surface area contributed by atoms with Crippen LogP contribution in [0.3, 0.4) is 0 Å². The third-order valence-corrected chi connectivity index (χ3v) is 4.09. The Balaban J connectivity index is 2.59. The molecule has 0 aromatic rings. The fraction of sp³-hybridized carbons (Fsp3) is 1.00. The molecule has 1 unspecified atom stereocenters. The van der Waals surface area contributed by atoms with Crippen molar-refractivity contribution in [3.05, 3.63) is 0 Å². The Bertz CT molecular complexity index is 243. The van der Waals surface area contributed by atoms with Crippen LogP contribution in [0.2, 0.25) is 0 Å². The third-order valence-electron chi connectivity index (χ3n) is 3.31. The van der Waals surface area contributed by atoms with Gasteiger partial charge in [0.05, 0.1) is 6.54 Å². The molecular weight excluding hydrogens is 295 g/mol. The molecule has 0 amide bonds. The van der Waals surface area contributed by atoms with Crippen molar-refractivity contribution in [1.82, 2.24) is 4.90 Å². The molecule has 1 aliphatic rings. The highest BCUT2D eigenvalue weighted by Crippen LogP contribution is 2.34. The van der Waals surface area contributed by atoms with Crippen molar-refractivity contribution in [2.75, 3.05) is 18.4 Å². The molecule has 0 heterocycles. The Morgan fingerprint density at radius 2 is 1.76 bits per heavy atom. The van der Waals surface area contributed by atoms with Crippen molar-refractivity contribution in [3.63, 3.8) is 0 Å². The maximum Gasteiger partial charge on any atom is 0.401 e. The van der Waals surface area contributed by atoms with E-state index in [1.165, 1.54) is 0 Å². The van der Waals surface area contributed by atoms with Crippen molar-refractivity contribution >= 4 is 15.9 Å². The van der Waals surface area contributed by atoms with Crippen LogP contribution in [0.25, 0.3) is 0 Å². The van der Waals surface area contributed by atoms with E-state index in [4.69, 9.17) is 0 Å². The minimum atomic E-state index is -4.09. The molecule has 1 nitrogen and oxygen atoms in total. The maximum absolute atomic E-state index is 12.5. The Morgan fingerprint density at radius 1 is 1.24 bits per heavy atom. The minimum Gasteiger partial charge on any atom is -0.292 e. The predicted octanol–water partition coefficient (Wildman–Crippen LogP) is 4.07. The molecule has 0 radical (unpaired) electrons. The molecular formula is C12H21BrF3N. The fourth-order valence-electron chi connectivity index (χ4n) is 1.85. The lowest BCUT2D eigenvalue weighted by atomic mass is 9.81. The normalized spacial score (nSPS) is 19.8. The topological polar surface area (TPSA) is 3.24 Å². The molecule has 0 N–H and O–H groups in total. The molecule has 0 saturated heterocycles. The number of rotatable bonds is 5. The smallest absolute Gasteiger partial charge is 0.292 e. The van der Waals surface area contributed by atoms with Crippen LogP contribution in [0.15, 0.2) is 0 Å². The van der Waals surface area contributed by atoms with Gasteiger partial charge in [-0.05, 0) is 24.2 Å². The van der Waals surface area contributed by atoms with Gasteiger partial charge in [0.15, 0.2) is 0 Å². The summed E-state index contributed by atoms with van der Waals surface area (Å²) < 4.78 is 37.5. The van der Waals surface area contributed by atoms with E-state index in [1.807, 2.05) is 0 Å². The third kappa shape index (κ3) is 5.60. The molecule has 1 aliphatic carbocycles. The number of nitrogens with zero attached hydrogens (tertiary/aromatic N) is 1. The zero-order chi connectivity index (χ0) is 13.3. The van der Waals surface area contributed by atoms with Gasteiger partial charge in [-0.2, -0.15) is 13.2 Å². The molecule has 0 aromatic heterocycles. The second-order valence-electron chi connectivity index (χ2n) is 5.99. The first-order chi connectivity index (χ1) is 7.63. The number of halogens is 4. The van der Waals surface area contributed by atoms with Gasteiger partial charge in [-0.25, -0.2) is 0 Å². The van der Waals surface area contributed by atoms with Crippen LogP contribution >= 0.6 is 15.9 Å². The molecule has 0 aliphatic heterocycles. The Kier molecular flexibility index (Phi) is 4.92. The molecule has 0 aromatic carbocycles. The molecule has 0 spiro atoms. The first-order valence-corrected chi connectivity index (χ1v) is 7.12. The monoisotopic (exact) mass is 315 g/mol. The second-order valence-corrected chi connectivity index (χ2v) is 6.64. The van der Waals surface area contributed by atoms with Gasteiger partial charge < -0.3 is 0 Å². The fourth-order valence-corrected chi connectivity index (χ4v) is 3.03. The van der Waals surface area contributed by atoms with Crippen molar-refractivity contribution in [1.29, 1.82) is 0 Å². The lowest BCUT2D eigenvalue weighted by molar-refractivity contribution is -0.149. The molecule has 5 heteroatoms. The van der Waals surface area contributed by atoms with Gasteiger partial charge in [-0.3, -0.25) is 4.90 Å². The molecule has 1 saturated carbocycles. The highest BCUT2D eigenvalue weighted by Gasteiger charge is 2.40. The SMILES string of the molecule is CC(C)(C)C(CBr)CN(CC(F)(F)F)C1CC1. The zero-order valence-electron chi connectivity index (χ0n) is 10.6. The van der Waals surface area contributed by atoms with Gasteiger partial charge in [0.2, 0.25) is 0 Å².